The van der Waals surface area contributed by atoms with Crippen LogP contribution >= 0.6 is 0 Å². The Hall–Kier alpha value is -3.55. The fourth-order valence-corrected chi connectivity index (χ4v) is 3.00. The van der Waals surface area contributed by atoms with Crippen molar-refractivity contribution in [2.24, 2.45) is 5.10 Å². The lowest BCUT2D eigenvalue weighted by Crippen LogP contribution is -2.20. The van der Waals surface area contributed by atoms with Gasteiger partial charge < -0.3 is 9.30 Å². The maximum absolute atomic E-state index is 12.8. The SMILES string of the molecule is COc1ccc(-n2c(C)ccc2/C=N\NC(=O)Cc2cccc(C(F)(F)F)c2)cc1. The number of benzene rings is 2. The molecule has 0 radical (unpaired) electrons. The molecule has 0 aliphatic heterocycles. The van der Waals surface area contributed by atoms with Crippen LogP contribution in [0, 0.1) is 6.92 Å². The van der Waals surface area contributed by atoms with Crippen molar-refractivity contribution in [2.45, 2.75) is 19.5 Å². The van der Waals surface area contributed by atoms with Crippen LogP contribution in [0.15, 0.2) is 65.8 Å². The number of ether oxygens (including phenoxy) is 1. The molecule has 0 aliphatic carbocycles. The molecule has 1 amide bonds. The van der Waals surface area contributed by atoms with Gasteiger partial charge in [-0.2, -0.15) is 18.3 Å². The number of carbonyl (C=O) groups excluding carboxylic acids is 1. The molecule has 2 aromatic carbocycles. The standard InChI is InChI=1S/C22H20F3N3O2/c1-15-6-7-19(28(15)18-8-10-20(30-2)11-9-18)14-26-27-21(29)13-16-4-3-5-17(12-16)22(23,24)25/h3-12,14H,13H2,1-2H3,(H,27,29)/b26-14-. The highest BCUT2D eigenvalue weighted by Crippen LogP contribution is 2.29. The van der Waals surface area contributed by atoms with E-state index < -0.39 is 17.6 Å². The molecule has 5 nitrogen and oxygen atoms in total. The van der Waals surface area contributed by atoms with Crippen LogP contribution in [0.4, 0.5) is 13.2 Å². The van der Waals surface area contributed by atoms with Crippen LogP contribution < -0.4 is 10.2 Å². The second kappa shape index (κ2) is 8.86. The van der Waals surface area contributed by atoms with E-state index in [-0.39, 0.29) is 12.0 Å². The van der Waals surface area contributed by atoms with Gasteiger partial charge in [-0.25, -0.2) is 5.43 Å². The molecule has 1 N–H and O–H groups in total. The normalized spacial score (nSPS) is 11.6. The van der Waals surface area contributed by atoms with Gasteiger partial charge in [-0.05, 0) is 55.0 Å². The van der Waals surface area contributed by atoms with Crippen LogP contribution in [0.5, 0.6) is 5.75 Å². The second-order valence-corrected chi connectivity index (χ2v) is 6.60. The number of halogens is 3. The number of hydrogen-bond donors (Lipinski definition) is 1. The van der Waals surface area contributed by atoms with E-state index in [0.29, 0.717) is 0 Å². The molecule has 0 saturated heterocycles. The average molecular weight is 415 g/mol. The minimum atomic E-state index is -4.45. The lowest BCUT2D eigenvalue weighted by atomic mass is 10.1. The Morgan fingerprint density at radius 2 is 1.87 bits per heavy atom. The van der Waals surface area contributed by atoms with Gasteiger partial charge in [0, 0.05) is 11.4 Å². The molecule has 0 bridgehead atoms. The predicted octanol–water partition coefficient (Wildman–Crippen LogP) is 4.51. The van der Waals surface area contributed by atoms with Crippen LogP contribution in [0.1, 0.15) is 22.5 Å². The molecular formula is C22H20F3N3O2. The van der Waals surface area contributed by atoms with Crippen LogP contribution in [0.3, 0.4) is 0 Å². The van der Waals surface area contributed by atoms with E-state index in [1.165, 1.54) is 18.3 Å². The van der Waals surface area contributed by atoms with Crippen LogP contribution in [0.25, 0.3) is 5.69 Å². The van der Waals surface area contributed by atoms with Gasteiger partial charge in [-0.15, -0.1) is 0 Å². The number of methoxy groups -OCH3 is 1. The number of nitrogens with zero attached hydrogens (tertiary/aromatic N) is 2. The highest BCUT2D eigenvalue weighted by molar-refractivity contribution is 5.83. The van der Waals surface area contributed by atoms with E-state index in [1.807, 2.05) is 47.9 Å². The van der Waals surface area contributed by atoms with Crippen molar-refractivity contribution in [3.05, 3.63) is 83.2 Å². The number of carbonyl (C=O) groups is 1. The minimum absolute atomic E-state index is 0.209. The summed E-state index contributed by atoms with van der Waals surface area (Å²) in [5.41, 5.74) is 4.43. The lowest BCUT2D eigenvalue weighted by Gasteiger charge is -2.10. The number of aromatic nitrogens is 1. The van der Waals surface area contributed by atoms with E-state index in [2.05, 4.69) is 10.5 Å². The number of aryl methyl sites for hydroxylation is 1. The smallest absolute Gasteiger partial charge is 0.416 e. The van der Waals surface area contributed by atoms with Crippen molar-refractivity contribution in [3.8, 4) is 11.4 Å². The van der Waals surface area contributed by atoms with E-state index in [9.17, 15) is 18.0 Å². The Morgan fingerprint density at radius 3 is 2.53 bits per heavy atom. The summed E-state index contributed by atoms with van der Waals surface area (Å²) >= 11 is 0. The van der Waals surface area contributed by atoms with E-state index in [1.54, 1.807) is 7.11 Å². The van der Waals surface area contributed by atoms with Gasteiger partial charge in [0.15, 0.2) is 0 Å². The number of hydrazone groups is 1. The molecule has 1 aromatic heterocycles. The number of rotatable bonds is 6. The van der Waals surface area contributed by atoms with Gasteiger partial charge in [-0.3, -0.25) is 4.79 Å². The zero-order chi connectivity index (χ0) is 21.7. The van der Waals surface area contributed by atoms with Gasteiger partial charge in [0.05, 0.1) is 31.0 Å². The molecule has 30 heavy (non-hydrogen) atoms. The molecule has 0 saturated carbocycles. The highest BCUT2D eigenvalue weighted by Gasteiger charge is 2.30. The quantitative estimate of drug-likeness (QED) is 0.476. The third kappa shape index (κ3) is 5.08. The first-order valence-electron chi connectivity index (χ1n) is 9.09. The molecule has 0 aliphatic rings. The van der Waals surface area contributed by atoms with E-state index >= 15 is 0 Å². The average Bonchev–Trinajstić information content (AvgIpc) is 3.08. The predicted molar refractivity (Wildman–Crippen MR) is 108 cm³/mol. The minimum Gasteiger partial charge on any atom is -0.497 e. The molecule has 3 aromatic rings. The zero-order valence-corrected chi connectivity index (χ0v) is 16.4. The molecular weight excluding hydrogens is 395 g/mol. The summed E-state index contributed by atoms with van der Waals surface area (Å²) in [5, 5.41) is 3.95. The summed E-state index contributed by atoms with van der Waals surface area (Å²) < 4.78 is 45.5. The molecule has 0 spiro atoms. The maximum Gasteiger partial charge on any atom is 0.416 e. The first kappa shape index (κ1) is 21.2. The molecule has 156 valence electrons. The Kier molecular flexibility index (Phi) is 6.25. The summed E-state index contributed by atoms with van der Waals surface area (Å²) in [6.07, 6.45) is -3.17. The second-order valence-electron chi connectivity index (χ2n) is 6.60. The summed E-state index contributed by atoms with van der Waals surface area (Å²) in [6.45, 7) is 1.94. The third-order valence-corrected chi connectivity index (χ3v) is 4.44. The van der Waals surface area contributed by atoms with Gasteiger partial charge >= 0.3 is 6.18 Å². The molecule has 3 rings (SSSR count). The molecule has 8 heteroatoms. The fraction of sp³-hybridized carbons (Fsp3) is 0.182. The van der Waals surface area contributed by atoms with Crippen LogP contribution in [-0.4, -0.2) is 23.8 Å². The monoisotopic (exact) mass is 415 g/mol. The Labute approximate surface area is 171 Å². The summed E-state index contributed by atoms with van der Waals surface area (Å²) in [5.74, 6) is 0.227. The largest absolute Gasteiger partial charge is 0.497 e. The van der Waals surface area contributed by atoms with Gasteiger partial charge in [0.2, 0.25) is 5.91 Å². The van der Waals surface area contributed by atoms with Crippen molar-refractivity contribution >= 4 is 12.1 Å². The maximum atomic E-state index is 12.8. The number of hydrogen-bond acceptors (Lipinski definition) is 3. The molecule has 0 fully saturated rings. The van der Waals surface area contributed by atoms with Gasteiger partial charge in [-0.1, -0.05) is 18.2 Å². The lowest BCUT2D eigenvalue weighted by molar-refractivity contribution is -0.137. The summed E-state index contributed by atoms with van der Waals surface area (Å²) in [4.78, 5) is 12.1. The van der Waals surface area contributed by atoms with Crippen molar-refractivity contribution in [1.29, 1.82) is 0 Å². The topological polar surface area (TPSA) is 55.6 Å². The highest BCUT2D eigenvalue weighted by atomic mass is 19.4. The van der Waals surface area contributed by atoms with Crippen molar-refractivity contribution < 1.29 is 22.7 Å². The molecule has 1 heterocycles. The van der Waals surface area contributed by atoms with Crippen molar-refractivity contribution in [3.63, 3.8) is 0 Å². The number of amides is 1. The fourth-order valence-electron chi connectivity index (χ4n) is 3.00. The van der Waals surface area contributed by atoms with Crippen LogP contribution in [-0.2, 0) is 17.4 Å². The Balaban J connectivity index is 1.68. The first-order chi connectivity index (χ1) is 14.3. The molecule has 0 unspecified atom stereocenters. The Bertz CT molecular complexity index is 1050. The number of alkyl halides is 3. The summed E-state index contributed by atoms with van der Waals surface area (Å²) in [7, 11) is 1.59. The first-order valence-corrected chi connectivity index (χ1v) is 9.09. The Morgan fingerprint density at radius 1 is 1.13 bits per heavy atom. The van der Waals surface area contributed by atoms with E-state index in [4.69, 9.17) is 4.74 Å². The number of nitrogens with one attached hydrogen (secondary N) is 1. The zero-order valence-electron chi connectivity index (χ0n) is 16.4. The third-order valence-electron chi connectivity index (χ3n) is 4.44. The van der Waals surface area contributed by atoms with Crippen molar-refractivity contribution in [1.82, 2.24) is 9.99 Å². The van der Waals surface area contributed by atoms with E-state index in [0.717, 1.165) is 35.0 Å². The van der Waals surface area contributed by atoms with Crippen molar-refractivity contribution in [2.75, 3.05) is 7.11 Å². The summed E-state index contributed by atoms with van der Waals surface area (Å²) in [6, 6.07) is 15.9. The van der Waals surface area contributed by atoms with Gasteiger partial charge in [0.1, 0.15) is 5.75 Å². The molecule has 0 atom stereocenters. The van der Waals surface area contributed by atoms with Gasteiger partial charge in [0.25, 0.3) is 0 Å². The van der Waals surface area contributed by atoms with Crippen LogP contribution in [0.2, 0.25) is 0 Å².